The van der Waals surface area contributed by atoms with E-state index in [9.17, 15) is 9.59 Å². The molecule has 0 aromatic carbocycles. The maximum Gasteiger partial charge on any atom is 0.319 e. The van der Waals surface area contributed by atoms with Crippen molar-refractivity contribution in [3.8, 4) is 0 Å². The van der Waals surface area contributed by atoms with Gasteiger partial charge in [0.25, 0.3) is 0 Å². The average molecular weight is 224 g/mol. The Morgan fingerprint density at radius 2 is 2.25 bits per heavy atom. The van der Waals surface area contributed by atoms with Crippen LogP contribution in [0.15, 0.2) is 12.2 Å². The first-order valence-corrected chi connectivity index (χ1v) is 5.80. The van der Waals surface area contributed by atoms with Gasteiger partial charge >= 0.3 is 5.97 Å². The molecule has 90 valence electrons. The zero-order chi connectivity index (χ0) is 12.3. The summed E-state index contributed by atoms with van der Waals surface area (Å²) in [6, 6.07) is 0. The van der Waals surface area contributed by atoms with Crippen molar-refractivity contribution in [2.45, 2.75) is 40.0 Å². The Labute approximate surface area is 96.9 Å². The number of hydrogen-bond donors (Lipinski definition) is 0. The van der Waals surface area contributed by atoms with Gasteiger partial charge < -0.3 is 4.74 Å². The van der Waals surface area contributed by atoms with E-state index in [-0.39, 0.29) is 17.7 Å². The van der Waals surface area contributed by atoms with Crippen LogP contribution >= 0.6 is 0 Å². The second-order valence-electron chi connectivity index (χ2n) is 4.74. The minimum Gasteiger partial charge on any atom is -0.465 e. The van der Waals surface area contributed by atoms with Gasteiger partial charge in [-0.1, -0.05) is 12.5 Å². The minimum absolute atomic E-state index is 0.0222. The van der Waals surface area contributed by atoms with E-state index in [0.29, 0.717) is 19.4 Å². The Morgan fingerprint density at radius 3 is 2.62 bits per heavy atom. The number of rotatable bonds is 4. The molecule has 0 N–H and O–H groups in total. The summed E-state index contributed by atoms with van der Waals surface area (Å²) in [5.41, 5.74) is -0.0862. The summed E-state index contributed by atoms with van der Waals surface area (Å²) in [6.07, 6.45) is 1.79. The van der Waals surface area contributed by atoms with Crippen LogP contribution in [0.25, 0.3) is 0 Å². The quantitative estimate of drug-likeness (QED) is 0.418. The lowest BCUT2D eigenvalue weighted by molar-refractivity contribution is -0.159. The first-order chi connectivity index (χ1) is 7.44. The largest absolute Gasteiger partial charge is 0.465 e. The van der Waals surface area contributed by atoms with Gasteiger partial charge in [0, 0.05) is 5.92 Å². The van der Waals surface area contributed by atoms with Gasteiger partial charge in [-0.25, -0.2) is 0 Å². The third-order valence-electron chi connectivity index (χ3n) is 3.19. The summed E-state index contributed by atoms with van der Waals surface area (Å²) >= 11 is 0. The van der Waals surface area contributed by atoms with Crippen molar-refractivity contribution in [3.63, 3.8) is 0 Å². The molecule has 1 fully saturated rings. The fourth-order valence-electron chi connectivity index (χ4n) is 2.42. The normalized spacial score (nSPS) is 29.2. The maximum absolute atomic E-state index is 12.1. The monoisotopic (exact) mass is 224 g/mol. The summed E-state index contributed by atoms with van der Waals surface area (Å²) < 4.78 is 5.05. The number of ether oxygens (including phenoxy) is 1. The van der Waals surface area contributed by atoms with Gasteiger partial charge in [-0.2, -0.15) is 0 Å². The van der Waals surface area contributed by atoms with Crippen molar-refractivity contribution >= 4 is 11.8 Å². The first kappa shape index (κ1) is 12.9. The number of Topliss-reactive ketones (excluding diaryl/α,β-unsaturated/α-hetero) is 1. The Hall–Kier alpha value is -1.12. The molecule has 0 saturated heterocycles. The third-order valence-corrected chi connectivity index (χ3v) is 3.19. The molecule has 0 aliphatic heterocycles. The molecule has 0 bridgehead atoms. The van der Waals surface area contributed by atoms with E-state index in [1.807, 2.05) is 13.8 Å². The minimum atomic E-state index is -0.943. The van der Waals surface area contributed by atoms with Crippen LogP contribution < -0.4 is 0 Å². The summed E-state index contributed by atoms with van der Waals surface area (Å²) in [7, 11) is 0. The maximum atomic E-state index is 12.1. The number of esters is 1. The van der Waals surface area contributed by atoms with Crippen LogP contribution in [0.2, 0.25) is 0 Å². The molecule has 0 radical (unpaired) electrons. The first-order valence-electron chi connectivity index (χ1n) is 5.80. The summed E-state index contributed by atoms with van der Waals surface area (Å²) in [4.78, 5) is 24.1. The predicted octanol–water partition coefficient (Wildman–Crippen LogP) is 2.50. The van der Waals surface area contributed by atoms with Crippen molar-refractivity contribution in [1.82, 2.24) is 0 Å². The molecule has 1 saturated carbocycles. The number of carbonyl (C=O) groups is 2. The van der Waals surface area contributed by atoms with E-state index >= 15 is 0 Å². The van der Waals surface area contributed by atoms with Gasteiger partial charge in [-0.05, 0) is 33.1 Å². The smallest absolute Gasteiger partial charge is 0.319 e. The highest BCUT2D eigenvalue weighted by Crippen LogP contribution is 2.43. The van der Waals surface area contributed by atoms with E-state index < -0.39 is 5.41 Å². The highest BCUT2D eigenvalue weighted by molar-refractivity contribution is 6.06. The van der Waals surface area contributed by atoms with Gasteiger partial charge in [0.15, 0.2) is 5.78 Å². The van der Waals surface area contributed by atoms with Crippen LogP contribution in [0.4, 0.5) is 0 Å². The summed E-state index contributed by atoms with van der Waals surface area (Å²) in [5, 5.41) is 0. The SMILES string of the molecule is C=C(C)C[C@@]1(C(=O)OCC)CC[C@H](C)C1=O. The second-order valence-corrected chi connectivity index (χ2v) is 4.74. The van der Waals surface area contributed by atoms with Crippen LogP contribution in [-0.2, 0) is 14.3 Å². The van der Waals surface area contributed by atoms with E-state index in [2.05, 4.69) is 6.58 Å². The van der Waals surface area contributed by atoms with Crippen LogP contribution in [0.3, 0.4) is 0 Å². The van der Waals surface area contributed by atoms with Crippen LogP contribution in [-0.4, -0.2) is 18.4 Å². The molecule has 1 aliphatic carbocycles. The molecule has 3 heteroatoms. The number of carbonyl (C=O) groups excluding carboxylic acids is 2. The molecule has 0 amide bonds. The summed E-state index contributed by atoms with van der Waals surface area (Å²) in [6.45, 7) is 9.60. The average Bonchev–Trinajstić information content (AvgIpc) is 2.47. The van der Waals surface area contributed by atoms with Gasteiger partial charge in [0.05, 0.1) is 6.61 Å². The zero-order valence-electron chi connectivity index (χ0n) is 10.3. The molecule has 0 spiro atoms. The van der Waals surface area contributed by atoms with Crippen molar-refractivity contribution in [2.24, 2.45) is 11.3 Å². The lowest BCUT2D eigenvalue weighted by Crippen LogP contribution is -2.38. The highest BCUT2D eigenvalue weighted by atomic mass is 16.5. The number of hydrogen-bond acceptors (Lipinski definition) is 3. The predicted molar refractivity (Wildman–Crippen MR) is 61.9 cm³/mol. The molecule has 1 aliphatic rings. The Morgan fingerprint density at radius 1 is 1.62 bits per heavy atom. The number of ketones is 1. The fraction of sp³-hybridized carbons (Fsp3) is 0.692. The van der Waals surface area contributed by atoms with Crippen LogP contribution in [0, 0.1) is 11.3 Å². The molecular weight excluding hydrogens is 204 g/mol. The molecular formula is C13H20O3. The summed E-state index contributed by atoms with van der Waals surface area (Å²) in [5.74, 6) is -0.384. The fourth-order valence-corrected chi connectivity index (χ4v) is 2.42. The topological polar surface area (TPSA) is 43.4 Å². The standard InChI is InChI=1S/C13H20O3/c1-5-16-12(15)13(8-9(2)3)7-6-10(4)11(13)14/h10H,2,5-8H2,1,3-4H3/t10-,13-/m0/s1. The van der Waals surface area contributed by atoms with Crippen LogP contribution in [0.5, 0.6) is 0 Å². The van der Waals surface area contributed by atoms with E-state index in [1.54, 1.807) is 6.92 Å². The number of allylic oxidation sites excluding steroid dienone is 1. The molecule has 0 unspecified atom stereocenters. The van der Waals surface area contributed by atoms with Crippen LogP contribution in [0.1, 0.15) is 40.0 Å². The lowest BCUT2D eigenvalue weighted by atomic mass is 9.78. The molecule has 0 aromatic rings. The molecule has 1 rings (SSSR count). The van der Waals surface area contributed by atoms with Crippen molar-refractivity contribution in [1.29, 1.82) is 0 Å². The van der Waals surface area contributed by atoms with Crippen molar-refractivity contribution in [2.75, 3.05) is 6.61 Å². The molecule has 16 heavy (non-hydrogen) atoms. The van der Waals surface area contributed by atoms with Gasteiger partial charge in [0.2, 0.25) is 0 Å². The van der Waals surface area contributed by atoms with Gasteiger partial charge in [-0.3, -0.25) is 9.59 Å². The van der Waals surface area contributed by atoms with Gasteiger partial charge in [0.1, 0.15) is 5.41 Å². The second kappa shape index (κ2) is 4.81. The van der Waals surface area contributed by atoms with Crippen molar-refractivity contribution in [3.05, 3.63) is 12.2 Å². The molecule has 2 atom stereocenters. The Kier molecular flexibility index (Phi) is 3.89. The highest BCUT2D eigenvalue weighted by Gasteiger charge is 2.52. The zero-order valence-corrected chi connectivity index (χ0v) is 10.3. The molecule has 0 aromatic heterocycles. The van der Waals surface area contributed by atoms with E-state index in [0.717, 1.165) is 12.0 Å². The third kappa shape index (κ3) is 2.18. The molecule has 0 heterocycles. The van der Waals surface area contributed by atoms with Gasteiger partial charge in [-0.15, -0.1) is 6.58 Å². The van der Waals surface area contributed by atoms with Crippen molar-refractivity contribution < 1.29 is 14.3 Å². The Bertz CT molecular complexity index is 319. The lowest BCUT2D eigenvalue weighted by Gasteiger charge is -2.25. The van der Waals surface area contributed by atoms with E-state index in [4.69, 9.17) is 4.74 Å². The van der Waals surface area contributed by atoms with E-state index in [1.165, 1.54) is 0 Å². The molecule has 3 nitrogen and oxygen atoms in total. The Balaban J connectivity index is 2.98.